The molecule has 0 aromatic carbocycles. The Morgan fingerprint density at radius 2 is 1.73 bits per heavy atom. The monoisotopic (exact) mass is 232 g/mol. The first-order valence-corrected chi connectivity index (χ1v) is 7.79. The lowest BCUT2D eigenvalue weighted by Crippen LogP contribution is -2.44. The minimum absolute atomic E-state index is 0.790. The second kappa shape index (κ2) is 8.24. The highest BCUT2D eigenvalue weighted by Crippen LogP contribution is 2.01. The summed E-state index contributed by atoms with van der Waals surface area (Å²) in [6.07, 6.45) is 0. The molecular formula is C10H24N2O2Si. The molecule has 0 unspecified atom stereocenters. The molecule has 0 atom stereocenters. The molecule has 1 aliphatic heterocycles. The molecule has 0 radical (unpaired) electrons. The summed E-state index contributed by atoms with van der Waals surface area (Å²) in [5, 5.41) is 3.36. The summed E-state index contributed by atoms with van der Waals surface area (Å²) in [4.78, 5) is 2.49. The van der Waals surface area contributed by atoms with Gasteiger partial charge < -0.3 is 19.1 Å². The van der Waals surface area contributed by atoms with Crippen molar-refractivity contribution >= 4 is 9.28 Å². The predicted octanol–water partition coefficient (Wildman–Crippen LogP) is 0.185. The van der Waals surface area contributed by atoms with Gasteiger partial charge in [-0.2, -0.15) is 0 Å². The average Bonchev–Trinajstić information content (AvgIpc) is 2.28. The van der Waals surface area contributed by atoms with Gasteiger partial charge in [-0.05, 0) is 20.4 Å². The van der Waals surface area contributed by atoms with E-state index in [-0.39, 0.29) is 0 Å². The maximum Gasteiger partial charge on any atom is 0.322 e. The molecule has 0 aromatic heterocycles. The maximum absolute atomic E-state index is 5.65. The van der Waals surface area contributed by atoms with Gasteiger partial charge in [-0.1, -0.05) is 0 Å². The molecule has 0 bridgehead atoms. The van der Waals surface area contributed by atoms with Gasteiger partial charge in [0.05, 0.1) is 0 Å². The Kier molecular flexibility index (Phi) is 7.21. The zero-order chi connectivity index (χ0) is 10.9. The maximum atomic E-state index is 5.65. The summed E-state index contributed by atoms with van der Waals surface area (Å²) in [5.41, 5.74) is 0. The first-order valence-electron chi connectivity index (χ1n) is 6.03. The van der Waals surface area contributed by atoms with Crippen molar-refractivity contribution in [1.82, 2.24) is 10.2 Å². The highest BCUT2D eigenvalue weighted by atomic mass is 28.3. The van der Waals surface area contributed by atoms with Crippen LogP contribution in [0.2, 0.25) is 6.04 Å². The van der Waals surface area contributed by atoms with Gasteiger partial charge in [0.1, 0.15) is 0 Å². The molecular weight excluding hydrogens is 208 g/mol. The largest absolute Gasteiger partial charge is 0.397 e. The Morgan fingerprint density at radius 3 is 2.27 bits per heavy atom. The van der Waals surface area contributed by atoms with Crippen LogP contribution in [0.25, 0.3) is 0 Å². The fraction of sp³-hybridized carbons (Fsp3) is 1.00. The molecule has 4 nitrogen and oxygen atoms in total. The van der Waals surface area contributed by atoms with Crippen molar-refractivity contribution in [3.05, 3.63) is 0 Å². The zero-order valence-electron chi connectivity index (χ0n) is 10.00. The van der Waals surface area contributed by atoms with Crippen LogP contribution < -0.4 is 5.32 Å². The summed E-state index contributed by atoms with van der Waals surface area (Å²) in [7, 11) is -1.37. The fourth-order valence-corrected chi connectivity index (χ4v) is 3.56. The van der Waals surface area contributed by atoms with Crippen molar-refractivity contribution < 1.29 is 8.85 Å². The quantitative estimate of drug-likeness (QED) is 0.635. The number of nitrogens with one attached hydrogen (secondary N) is 1. The second-order valence-corrected chi connectivity index (χ2v) is 5.82. The van der Waals surface area contributed by atoms with E-state index in [1.807, 2.05) is 13.8 Å². The molecule has 1 fully saturated rings. The molecule has 0 spiro atoms. The third-order valence-electron chi connectivity index (χ3n) is 2.60. The Morgan fingerprint density at radius 1 is 1.13 bits per heavy atom. The average molecular weight is 232 g/mol. The van der Waals surface area contributed by atoms with Gasteiger partial charge in [0.15, 0.2) is 0 Å². The smallest absolute Gasteiger partial charge is 0.322 e. The van der Waals surface area contributed by atoms with Gasteiger partial charge in [0.2, 0.25) is 0 Å². The predicted molar refractivity (Wildman–Crippen MR) is 64.5 cm³/mol. The molecule has 90 valence electrons. The molecule has 15 heavy (non-hydrogen) atoms. The summed E-state index contributed by atoms with van der Waals surface area (Å²) < 4.78 is 11.3. The molecule has 0 amide bonds. The molecule has 1 aliphatic rings. The van der Waals surface area contributed by atoms with Crippen LogP contribution in [0.5, 0.6) is 0 Å². The molecule has 0 aliphatic carbocycles. The SMILES string of the molecule is CCO[SiH](CCN1CCNCC1)OCC. The van der Waals surface area contributed by atoms with Gasteiger partial charge in [0, 0.05) is 45.4 Å². The van der Waals surface area contributed by atoms with Gasteiger partial charge in [0.25, 0.3) is 0 Å². The van der Waals surface area contributed by atoms with E-state index in [2.05, 4.69) is 10.2 Å². The van der Waals surface area contributed by atoms with Crippen LogP contribution in [0, 0.1) is 0 Å². The number of piperazine rings is 1. The standard InChI is InChI=1S/C10H24N2O2Si/c1-3-13-15(14-4-2)10-9-12-7-5-11-6-8-12/h11,15H,3-10H2,1-2H3. The van der Waals surface area contributed by atoms with E-state index in [9.17, 15) is 0 Å². The van der Waals surface area contributed by atoms with Crippen molar-refractivity contribution in [3.63, 3.8) is 0 Å². The van der Waals surface area contributed by atoms with E-state index in [1.165, 1.54) is 13.1 Å². The lowest BCUT2D eigenvalue weighted by molar-refractivity contribution is 0.199. The lowest BCUT2D eigenvalue weighted by atomic mass is 10.4. The van der Waals surface area contributed by atoms with Crippen LogP contribution in [0.15, 0.2) is 0 Å². The molecule has 0 saturated carbocycles. The van der Waals surface area contributed by atoms with Crippen molar-refractivity contribution in [1.29, 1.82) is 0 Å². The minimum atomic E-state index is -1.37. The van der Waals surface area contributed by atoms with Crippen molar-refractivity contribution in [2.24, 2.45) is 0 Å². The summed E-state index contributed by atoms with van der Waals surface area (Å²) >= 11 is 0. The number of nitrogens with zero attached hydrogens (tertiary/aromatic N) is 1. The van der Waals surface area contributed by atoms with Crippen molar-refractivity contribution in [2.75, 3.05) is 45.9 Å². The fourth-order valence-electron chi connectivity index (χ4n) is 1.81. The van der Waals surface area contributed by atoms with Crippen LogP contribution in [-0.2, 0) is 8.85 Å². The Hall–Kier alpha value is 0.0569. The van der Waals surface area contributed by atoms with Crippen LogP contribution in [0.3, 0.4) is 0 Å². The van der Waals surface area contributed by atoms with Crippen LogP contribution in [0.4, 0.5) is 0 Å². The summed E-state index contributed by atoms with van der Waals surface area (Å²) in [6.45, 7) is 11.4. The summed E-state index contributed by atoms with van der Waals surface area (Å²) in [6, 6.07) is 1.11. The normalized spacial score (nSPS) is 18.6. The van der Waals surface area contributed by atoms with E-state index >= 15 is 0 Å². The summed E-state index contributed by atoms with van der Waals surface area (Å²) in [5.74, 6) is 0. The third-order valence-corrected chi connectivity index (χ3v) is 4.74. The van der Waals surface area contributed by atoms with Crippen molar-refractivity contribution in [2.45, 2.75) is 19.9 Å². The lowest BCUT2D eigenvalue weighted by Gasteiger charge is -2.28. The minimum Gasteiger partial charge on any atom is -0.397 e. The molecule has 5 heteroatoms. The zero-order valence-corrected chi connectivity index (χ0v) is 11.2. The van der Waals surface area contributed by atoms with E-state index in [1.54, 1.807) is 0 Å². The van der Waals surface area contributed by atoms with Crippen LogP contribution >= 0.6 is 0 Å². The Bertz CT molecular complexity index is 148. The van der Waals surface area contributed by atoms with E-state index in [0.717, 1.165) is 38.9 Å². The third kappa shape index (κ3) is 5.63. The van der Waals surface area contributed by atoms with Gasteiger partial charge in [-0.15, -0.1) is 0 Å². The molecule has 0 aromatic rings. The molecule has 1 N–H and O–H groups in total. The molecule has 1 heterocycles. The first kappa shape index (κ1) is 13.1. The number of hydrogen-bond acceptors (Lipinski definition) is 4. The van der Waals surface area contributed by atoms with E-state index in [4.69, 9.17) is 8.85 Å². The highest BCUT2D eigenvalue weighted by molar-refractivity contribution is 6.44. The van der Waals surface area contributed by atoms with Crippen LogP contribution in [0.1, 0.15) is 13.8 Å². The molecule has 1 saturated heterocycles. The van der Waals surface area contributed by atoms with E-state index < -0.39 is 9.28 Å². The number of rotatable bonds is 7. The van der Waals surface area contributed by atoms with Gasteiger partial charge in [-0.3, -0.25) is 0 Å². The second-order valence-electron chi connectivity index (χ2n) is 3.72. The Labute approximate surface area is 94.8 Å². The van der Waals surface area contributed by atoms with Crippen LogP contribution in [-0.4, -0.2) is 60.1 Å². The van der Waals surface area contributed by atoms with Crippen molar-refractivity contribution in [3.8, 4) is 0 Å². The topological polar surface area (TPSA) is 33.7 Å². The highest BCUT2D eigenvalue weighted by Gasteiger charge is 2.15. The molecule has 1 rings (SSSR count). The van der Waals surface area contributed by atoms with Gasteiger partial charge >= 0.3 is 9.28 Å². The van der Waals surface area contributed by atoms with E-state index in [0.29, 0.717) is 0 Å². The number of hydrogen-bond donors (Lipinski definition) is 1. The Balaban J connectivity index is 2.13. The van der Waals surface area contributed by atoms with Gasteiger partial charge in [-0.25, -0.2) is 0 Å². The first-order chi connectivity index (χ1) is 7.36.